The number of carbonyl (C=O) groups excluding carboxylic acids is 1. The number of hydrogen-bond acceptors (Lipinski definition) is 5. The number of esters is 1. The number of para-hydroxylation sites is 1. The Morgan fingerprint density at radius 2 is 2.00 bits per heavy atom. The molecule has 23 heavy (non-hydrogen) atoms. The molecule has 0 amide bonds. The van der Waals surface area contributed by atoms with Crippen LogP contribution in [0.3, 0.4) is 0 Å². The number of benzene rings is 1. The van der Waals surface area contributed by atoms with Crippen molar-refractivity contribution in [2.45, 2.75) is 44.4 Å². The van der Waals surface area contributed by atoms with Crippen LogP contribution < -0.4 is 4.90 Å². The molecular weight excluding hydrogens is 308 g/mol. The molecule has 122 valence electrons. The molecule has 0 saturated carbocycles. The Hall–Kier alpha value is -1.93. The van der Waals surface area contributed by atoms with Gasteiger partial charge in [0.2, 0.25) is 0 Å². The lowest BCUT2D eigenvalue weighted by Gasteiger charge is -2.20. The maximum atomic E-state index is 12.3. The van der Waals surface area contributed by atoms with E-state index in [1.807, 2.05) is 31.2 Å². The average molecular weight is 330 g/mol. The molecular formula is C18H22N2O2S. The number of fused-ring (bicyclic) bond motifs is 1. The van der Waals surface area contributed by atoms with Gasteiger partial charge < -0.3 is 9.64 Å². The van der Waals surface area contributed by atoms with Crippen LogP contribution in [0.5, 0.6) is 0 Å². The van der Waals surface area contributed by atoms with Gasteiger partial charge in [-0.1, -0.05) is 50.6 Å². The molecule has 0 N–H and O–H groups in total. The number of anilines is 1. The fourth-order valence-electron chi connectivity index (χ4n) is 2.32. The van der Waals surface area contributed by atoms with Gasteiger partial charge in [-0.3, -0.25) is 0 Å². The third kappa shape index (κ3) is 4.08. The number of nitriles is 1. The predicted octanol–water partition coefficient (Wildman–Crippen LogP) is 4.48. The SMILES string of the molecule is CCCCOC(=O)/C(C#N)=C1\Sc2ccccc2N1CCCC. The highest BCUT2D eigenvalue weighted by atomic mass is 32.2. The van der Waals surface area contributed by atoms with E-state index in [1.54, 1.807) is 0 Å². The van der Waals surface area contributed by atoms with E-state index in [-0.39, 0.29) is 5.57 Å². The third-order valence-corrected chi connectivity index (χ3v) is 4.79. The third-order valence-electron chi connectivity index (χ3n) is 3.60. The molecule has 1 heterocycles. The second-order valence-electron chi connectivity index (χ2n) is 5.36. The summed E-state index contributed by atoms with van der Waals surface area (Å²) in [6.45, 7) is 5.32. The number of nitrogens with zero attached hydrogens (tertiary/aromatic N) is 2. The van der Waals surface area contributed by atoms with Crippen LogP contribution in [0.2, 0.25) is 0 Å². The Bertz CT molecular complexity index is 634. The lowest BCUT2D eigenvalue weighted by molar-refractivity contribution is -0.138. The summed E-state index contributed by atoms with van der Waals surface area (Å²) in [6, 6.07) is 10.1. The molecule has 1 aliphatic heterocycles. The Labute approximate surface area is 142 Å². The standard InChI is InChI=1S/C18H22N2O2S/c1-3-5-11-20-15-9-7-8-10-16(15)23-17(20)14(13-19)18(21)22-12-6-4-2/h7-10H,3-6,11-12H2,1-2H3/b17-14-. The molecule has 2 rings (SSSR count). The van der Waals surface area contributed by atoms with Crippen molar-refractivity contribution in [2.75, 3.05) is 18.1 Å². The van der Waals surface area contributed by atoms with Crippen molar-refractivity contribution in [3.63, 3.8) is 0 Å². The lowest BCUT2D eigenvalue weighted by Crippen LogP contribution is -2.22. The van der Waals surface area contributed by atoms with Gasteiger partial charge in [0.1, 0.15) is 11.1 Å². The molecule has 0 bridgehead atoms. The molecule has 1 aliphatic rings. The molecule has 0 aliphatic carbocycles. The van der Waals surface area contributed by atoms with Crippen molar-refractivity contribution in [2.24, 2.45) is 0 Å². The predicted molar refractivity (Wildman–Crippen MR) is 93.1 cm³/mol. The van der Waals surface area contributed by atoms with Crippen LogP contribution in [-0.4, -0.2) is 19.1 Å². The maximum Gasteiger partial charge on any atom is 0.351 e. The van der Waals surface area contributed by atoms with Crippen molar-refractivity contribution in [3.8, 4) is 6.07 Å². The molecule has 4 nitrogen and oxygen atoms in total. The number of thioether (sulfide) groups is 1. The quantitative estimate of drug-likeness (QED) is 0.319. The number of hydrogen-bond donors (Lipinski definition) is 0. The second-order valence-corrected chi connectivity index (χ2v) is 6.39. The Morgan fingerprint density at radius 1 is 1.26 bits per heavy atom. The van der Waals surface area contributed by atoms with E-state index in [2.05, 4.69) is 17.9 Å². The largest absolute Gasteiger partial charge is 0.462 e. The molecule has 0 aromatic heterocycles. The van der Waals surface area contributed by atoms with E-state index in [1.165, 1.54) is 11.8 Å². The fourth-order valence-corrected chi connectivity index (χ4v) is 3.49. The van der Waals surface area contributed by atoms with Gasteiger partial charge >= 0.3 is 5.97 Å². The van der Waals surface area contributed by atoms with Gasteiger partial charge in [0.05, 0.1) is 12.3 Å². The molecule has 5 heteroatoms. The highest BCUT2D eigenvalue weighted by Gasteiger charge is 2.30. The van der Waals surface area contributed by atoms with Crippen molar-refractivity contribution < 1.29 is 9.53 Å². The van der Waals surface area contributed by atoms with Crippen LogP contribution in [0.4, 0.5) is 5.69 Å². The van der Waals surface area contributed by atoms with E-state index >= 15 is 0 Å². The Morgan fingerprint density at radius 3 is 2.70 bits per heavy atom. The Kier molecular flexibility index (Phi) is 6.54. The number of rotatable bonds is 7. The van der Waals surface area contributed by atoms with Gasteiger partial charge in [-0.15, -0.1) is 0 Å². The highest BCUT2D eigenvalue weighted by Crippen LogP contribution is 2.47. The molecule has 0 radical (unpaired) electrons. The van der Waals surface area contributed by atoms with E-state index in [4.69, 9.17) is 4.74 Å². The van der Waals surface area contributed by atoms with Gasteiger partial charge in [-0.05, 0) is 25.0 Å². The van der Waals surface area contributed by atoms with Gasteiger partial charge in [-0.2, -0.15) is 5.26 Å². The lowest BCUT2D eigenvalue weighted by atomic mass is 10.2. The van der Waals surface area contributed by atoms with Crippen molar-refractivity contribution in [1.29, 1.82) is 5.26 Å². The van der Waals surface area contributed by atoms with Crippen molar-refractivity contribution in [3.05, 3.63) is 34.9 Å². The maximum absolute atomic E-state index is 12.3. The summed E-state index contributed by atoms with van der Waals surface area (Å²) in [5.74, 6) is -0.516. The second kappa shape index (κ2) is 8.64. The molecule has 0 unspecified atom stereocenters. The van der Waals surface area contributed by atoms with E-state index in [9.17, 15) is 10.1 Å². The Balaban J connectivity index is 2.30. The molecule has 0 saturated heterocycles. The molecule has 1 aromatic rings. The smallest absolute Gasteiger partial charge is 0.351 e. The van der Waals surface area contributed by atoms with Gasteiger partial charge in [0.25, 0.3) is 0 Å². The number of ether oxygens (including phenoxy) is 1. The summed E-state index contributed by atoms with van der Waals surface area (Å²) in [4.78, 5) is 15.4. The average Bonchev–Trinajstić information content (AvgIpc) is 2.92. The van der Waals surface area contributed by atoms with Crippen molar-refractivity contribution in [1.82, 2.24) is 0 Å². The summed E-state index contributed by atoms with van der Waals surface area (Å²) in [7, 11) is 0. The molecule has 1 aromatic carbocycles. The van der Waals surface area contributed by atoms with E-state index in [0.29, 0.717) is 11.6 Å². The first kappa shape index (κ1) is 17.4. The van der Waals surface area contributed by atoms with E-state index in [0.717, 1.165) is 42.8 Å². The summed E-state index contributed by atoms with van der Waals surface area (Å²) in [5.41, 5.74) is 1.17. The number of unbranched alkanes of at least 4 members (excludes halogenated alkanes) is 2. The minimum atomic E-state index is -0.516. The first-order valence-electron chi connectivity index (χ1n) is 8.08. The van der Waals surface area contributed by atoms with Crippen LogP contribution in [0.1, 0.15) is 39.5 Å². The van der Waals surface area contributed by atoms with Gasteiger partial charge in [0, 0.05) is 11.4 Å². The number of carbonyl (C=O) groups is 1. The van der Waals surface area contributed by atoms with Crippen LogP contribution in [0.15, 0.2) is 39.8 Å². The first-order valence-corrected chi connectivity index (χ1v) is 8.90. The molecule has 0 fully saturated rings. The topological polar surface area (TPSA) is 53.3 Å². The zero-order valence-corrected chi connectivity index (χ0v) is 14.5. The van der Waals surface area contributed by atoms with Crippen LogP contribution in [0, 0.1) is 11.3 Å². The minimum absolute atomic E-state index is 0.110. The zero-order valence-electron chi connectivity index (χ0n) is 13.7. The molecule has 0 spiro atoms. The van der Waals surface area contributed by atoms with Crippen LogP contribution >= 0.6 is 11.8 Å². The summed E-state index contributed by atoms with van der Waals surface area (Å²) < 4.78 is 5.24. The fraction of sp³-hybridized carbons (Fsp3) is 0.444. The summed E-state index contributed by atoms with van der Waals surface area (Å²) >= 11 is 1.48. The van der Waals surface area contributed by atoms with Gasteiger partial charge in [-0.25, -0.2) is 4.79 Å². The van der Waals surface area contributed by atoms with Crippen LogP contribution in [-0.2, 0) is 9.53 Å². The van der Waals surface area contributed by atoms with Crippen LogP contribution in [0.25, 0.3) is 0 Å². The van der Waals surface area contributed by atoms with Gasteiger partial charge in [0.15, 0.2) is 5.57 Å². The summed E-state index contributed by atoms with van der Waals surface area (Å²) in [5, 5.41) is 10.2. The monoisotopic (exact) mass is 330 g/mol. The first-order chi connectivity index (χ1) is 11.2. The van der Waals surface area contributed by atoms with Crippen molar-refractivity contribution >= 4 is 23.4 Å². The van der Waals surface area contributed by atoms with E-state index < -0.39 is 5.97 Å². The minimum Gasteiger partial charge on any atom is -0.462 e. The highest BCUT2D eigenvalue weighted by molar-refractivity contribution is 8.03. The normalized spacial score (nSPS) is 15.1. The summed E-state index contributed by atoms with van der Waals surface area (Å²) in [6.07, 6.45) is 3.82. The zero-order chi connectivity index (χ0) is 16.7. The molecule has 0 atom stereocenters.